The van der Waals surface area contributed by atoms with Crippen LogP contribution in [0.2, 0.25) is 0 Å². The number of likely N-dealkylation sites (tertiary alicyclic amines) is 1. The van der Waals surface area contributed by atoms with Crippen LogP contribution in [-0.2, 0) is 19.6 Å². The van der Waals surface area contributed by atoms with Gasteiger partial charge in [0.1, 0.15) is 6.04 Å². The summed E-state index contributed by atoms with van der Waals surface area (Å²) in [5.41, 5.74) is 2.33. The summed E-state index contributed by atoms with van der Waals surface area (Å²) < 4.78 is 28.0. The Morgan fingerprint density at radius 3 is 2.71 bits per heavy atom. The molecule has 1 heterocycles. The van der Waals surface area contributed by atoms with Gasteiger partial charge in [-0.1, -0.05) is 30.3 Å². The standard InChI is InChI=1S/C23H32N6O4S2/c1-34-19-13-21(23(31)26-11-5-4-10-25-16-27-24)29(15-19)22(30)14-28-35(32,33)20-9-8-17-6-2-3-7-18(17)12-20/h2-3,6-9,12,16,19,21,28H,4-5,10-11,13-15,24H2,1H3,(H,25,27)(H,26,31)/t19-,21+/m1/s1. The number of benzene rings is 2. The second-order valence-electron chi connectivity index (χ2n) is 8.19. The zero-order chi connectivity index (χ0) is 25.3. The SMILES string of the molecule is CS[C@@H]1C[C@@H](C(=O)NCCCCN=CNN)N(C(=O)CNS(=O)(=O)c2ccc3ccccc3c2)C1. The van der Waals surface area contributed by atoms with Crippen LogP contribution in [0.4, 0.5) is 0 Å². The number of aliphatic imine (C=N–C) groups is 1. The summed E-state index contributed by atoms with van der Waals surface area (Å²) in [7, 11) is -3.89. The first-order valence-corrected chi connectivity index (χ1v) is 14.2. The number of sulfonamides is 1. The number of hydrogen-bond acceptors (Lipinski definition) is 7. The van der Waals surface area contributed by atoms with Crippen LogP contribution >= 0.6 is 11.8 Å². The Labute approximate surface area is 210 Å². The van der Waals surface area contributed by atoms with Crippen LogP contribution in [0.1, 0.15) is 19.3 Å². The summed E-state index contributed by atoms with van der Waals surface area (Å²) in [4.78, 5) is 31.4. The molecule has 0 radical (unpaired) electrons. The van der Waals surface area contributed by atoms with E-state index in [9.17, 15) is 18.0 Å². The van der Waals surface area contributed by atoms with E-state index < -0.39 is 28.5 Å². The third-order valence-electron chi connectivity index (χ3n) is 5.84. The van der Waals surface area contributed by atoms with Gasteiger partial charge in [0.05, 0.1) is 17.8 Å². The van der Waals surface area contributed by atoms with Gasteiger partial charge < -0.3 is 15.6 Å². The molecule has 2 amide bonds. The van der Waals surface area contributed by atoms with Crippen molar-refractivity contribution in [2.45, 2.75) is 35.4 Å². The van der Waals surface area contributed by atoms with Crippen LogP contribution in [0.5, 0.6) is 0 Å². The number of nitrogens with zero attached hydrogens (tertiary/aromatic N) is 2. The van der Waals surface area contributed by atoms with E-state index in [0.717, 1.165) is 23.6 Å². The number of fused-ring (bicyclic) bond motifs is 1. The minimum absolute atomic E-state index is 0.0910. The predicted octanol–water partition coefficient (Wildman–Crippen LogP) is 0.839. The molecule has 0 unspecified atom stereocenters. The smallest absolute Gasteiger partial charge is 0.242 e. The molecule has 10 nitrogen and oxygen atoms in total. The fourth-order valence-electron chi connectivity index (χ4n) is 3.94. The zero-order valence-corrected chi connectivity index (χ0v) is 21.3. The molecule has 2 aromatic rings. The van der Waals surface area contributed by atoms with Gasteiger partial charge in [-0.2, -0.15) is 11.8 Å². The van der Waals surface area contributed by atoms with Crippen LogP contribution in [0.15, 0.2) is 52.4 Å². The first-order chi connectivity index (χ1) is 16.9. The maximum Gasteiger partial charge on any atom is 0.242 e. The summed E-state index contributed by atoms with van der Waals surface area (Å²) in [6.07, 6.45) is 5.41. The highest BCUT2D eigenvalue weighted by Crippen LogP contribution is 2.26. The fourth-order valence-corrected chi connectivity index (χ4v) is 5.64. The number of hydrazine groups is 1. The van der Waals surface area contributed by atoms with Crippen LogP contribution in [0, 0.1) is 0 Å². The predicted molar refractivity (Wildman–Crippen MR) is 139 cm³/mol. The van der Waals surface area contributed by atoms with Crippen molar-refractivity contribution in [2.24, 2.45) is 10.8 Å². The summed E-state index contributed by atoms with van der Waals surface area (Å²) in [6, 6.07) is 11.7. The number of amides is 2. The molecule has 3 rings (SSSR count). The van der Waals surface area contributed by atoms with E-state index in [1.807, 2.05) is 30.5 Å². The molecule has 0 aliphatic carbocycles. The van der Waals surface area contributed by atoms with E-state index in [4.69, 9.17) is 5.84 Å². The third kappa shape index (κ3) is 7.40. The molecule has 1 aliphatic rings. The van der Waals surface area contributed by atoms with Gasteiger partial charge in [-0.05, 0) is 48.4 Å². The van der Waals surface area contributed by atoms with Crippen molar-refractivity contribution in [3.8, 4) is 0 Å². The van der Waals surface area contributed by atoms with Crippen molar-refractivity contribution in [1.29, 1.82) is 0 Å². The van der Waals surface area contributed by atoms with Crippen LogP contribution in [-0.4, -0.2) is 75.2 Å². The summed E-state index contributed by atoms with van der Waals surface area (Å²) in [5.74, 6) is 4.46. The zero-order valence-electron chi connectivity index (χ0n) is 19.6. The first-order valence-electron chi connectivity index (χ1n) is 11.4. The Bertz CT molecular complexity index is 1160. The molecular formula is C23H32N6O4S2. The maximum atomic E-state index is 13.0. The molecule has 1 aliphatic heterocycles. The highest BCUT2D eigenvalue weighted by Gasteiger charge is 2.39. The molecular weight excluding hydrogens is 488 g/mol. The van der Waals surface area contributed by atoms with Crippen LogP contribution in [0.25, 0.3) is 10.8 Å². The lowest BCUT2D eigenvalue weighted by Crippen LogP contribution is -2.49. The number of thioether (sulfide) groups is 1. The number of hydrogen-bond donors (Lipinski definition) is 4. The highest BCUT2D eigenvalue weighted by atomic mass is 32.2. The van der Waals surface area contributed by atoms with Gasteiger partial charge in [0.2, 0.25) is 21.8 Å². The van der Waals surface area contributed by atoms with Crippen molar-refractivity contribution >= 4 is 50.7 Å². The Morgan fingerprint density at radius 2 is 1.97 bits per heavy atom. The van der Waals surface area contributed by atoms with Gasteiger partial charge in [0.25, 0.3) is 0 Å². The van der Waals surface area contributed by atoms with E-state index in [-0.39, 0.29) is 16.1 Å². The van der Waals surface area contributed by atoms with Crippen molar-refractivity contribution in [3.05, 3.63) is 42.5 Å². The number of unbranched alkanes of at least 4 members (excludes halogenated alkanes) is 1. The molecule has 190 valence electrons. The molecule has 0 spiro atoms. The van der Waals surface area contributed by atoms with E-state index in [1.54, 1.807) is 23.9 Å². The molecule has 35 heavy (non-hydrogen) atoms. The van der Waals surface area contributed by atoms with Gasteiger partial charge in [0.15, 0.2) is 0 Å². The molecule has 5 N–H and O–H groups in total. The largest absolute Gasteiger partial charge is 0.354 e. The molecule has 1 saturated heterocycles. The molecule has 0 bridgehead atoms. The van der Waals surface area contributed by atoms with E-state index in [0.29, 0.717) is 26.1 Å². The number of rotatable bonds is 12. The van der Waals surface area contributed by atoms with Gasteiger partial charge in [-0.25, -0.2) is 19.0 Å². The normalized spacial score (nSPS) is 18.3. The van der Waals surface area contributed by atoms with E-state index in [1.165, 1.54) is 17.3 Å². The molecule has 0 aromatic heterocycles. The molecule has 2 atom stereocenters. The third-order valence-corrected chi connectivity index (χ3v) is 8.25. The molecule has 1 fully saturated rings. The highest BCUT2D eigenvalue weighted by molar-refractivity contribution is 7.99. The number of carbonyl (C=O) groups excluding carboxylic acids is 2. The first kappa shape index (κ1) is 26.9. The monoisotopic (exact) mass is 520 g/mol. The second-order valence-corrected chi connectivity index (χ2v) is 11.1. The van der Waals surface area contributed by atoms with Gasteiger partial charge in [-0.3, -0.25) is 14.6 Å². The van der Waals surface area contributed by atoms with Crippen molar-refractivity contribution in [2.75, 3.05) is 32.4 Å². The Kier molecular flexibility index (Phi) is 9.90. The lowest BCUT2D eigenvalue weighted by Gasteiger charge is -2.24. The Hall–Kier alpha value is -2.67. The van der Waals surface area contributed by atoms with Gasteiger partial charge in [-0.15, -0.1) is 0 Å². The average molecular weight is 521 g/mol. The number of carbonyl (C=O) groups is 2. The summed E-state index contributed by atoms with van der Waals surface area (Å²) in [6.45, 7) is 1.06. The number of nitrogens with two attached hydrogens (primary N) is 1. The molecule has 0 saturated carbocycles. The van der Waals surface area contributed by atoms with Crippen molar-refractivity contribution in [3.63, 3.8) is 0 Å². The maximum absolute atomic E-state index is 13.0. The van der Waals surface area contributed by atoms with Crippen LogP contribution < -0.4 is 21.3 Å². The van der Waals surface area contributed by atoms with E-state index >= 15 is 0 Å². The minimum atomic E-state index is -3.89. The minimum Gasteiger partial charge on any atom is -0.354 e. The molecule has 12 heteroatoms. The second kappa shape index (κ2) is 12.9. The quantitative estimate of drug-likeness (QED) is 0.107. The van der Waals surface area contributed by atoms with Crippen molar-refractivity contribution in [1.82, 2.24) is 20.4 Å². The van der Waals surface area contributed by atoms with Crippen molar-refractivity contribution < 1.29 is 18.0 Å². The number of nitrogens with one attached hydrogen (secondary N) is 3. The lowest BCUT2D eigenvalue weighted by molar-refractivity contribution is -0.137. The van der Waals surface area contributed by atoms with Gasteiger partial charge in [0, 0.05) is 24.9 Å². The Morgan fingerprint density at radius 1 is 1.20 bits per heavy atom. The average Bonchev–Trinajstić information content (AvgIpc) is 3.31. The summed E-state index contributed by atoms with van der Waals surface area (Å²) >= 11 is 1.59. The van der Waals surface area contributed by atoms with Crippen LogP contribution in [0.3, 0.4) is 0 Å². The fraction of sp³-hybridized carbons (Fsp3) is 0.435. The molecule has 2 aromatic carbocycles. The lowest BCUT2D eigenvalue weighted by atomic mass is 10.1. The Balaban J connectivity index is 1.57. The topological polar surface area (TPSA) is 146 Å². The summed E-state index contributed by atoms with van der Waals surface area (Å²) in [5, 5.41) is 4.73. The van der Waals surface area contributed by atoms with Gasteiger partial charge >= 0.3 is 0 Å². The van der Waals surface area contributed by atoms with E-state index in [2.05, 4.69) is 20.5 Å².